The van der Waals surface area contributed by atoms with Crippen LogP contribution in [0.3, 0.4) is 0 Å². The van der Waals surface area contributed by atoms with Gasteiger partial charge >= 0.3 is 0 Å². The minimum atomic E-state index is -0.468. The van der Waals surface area contributed by atoms with Crippen molar-refractivity contribution in [3.05, 3.63) is 56.9 Å². The number of fused-ring (bicyclic) bond motifs is 1. The summed E-state index contributed by atoms with van der Waals surface area (Å²) >= 11 is 7.32. The molecule has 8 heteroatoms. The van der Waals surface area contributed by atoms with Gasteiger partial charge in [-0.3, -0.25) is 15.0 Å². The van der Waals surface area contributed by atoms with E-state index < -0.39 is 5.91 Å². The van der Waals surface area contributed by atoms with Crippen molar-refractivity contribution in [3.63, 3.8) is 0 Å². The molecule has 0 fully saturated rings. The van der Waals surface area contributed by atoms with E-state index in [1.807, 2.05) is 6.92 Å². The van der Waals surface area contributed by atoms with Gasteiger partial charge in [0.05, 0.1) is 5.39 Å². The second-order valence-electron chi connectivity index (χ2n) is 4.99. The van der Waals surface area contributed by atoms with Crippen LogP contribution in [-0.2, 0) is 11.2 Å². The maximum atomic E-state index is 12.4. The lowest BCUT2D eigenvalue weighted by Crippen LogP contribution is -2.35. The lowest BCUT2D eigenvalue weighted by molar-refractivity contribution is -0.119. The Hall–Kier alpha value is -2.38. The van der Waals surface area contributed by atoms with Crippen molar-refractivity contribution in [3.8, 4) is 5.75 Å². The van der Waals surface area contributed by atoms with E-state index in [4.69, 9.17) is 16.3 Å². The van der Waals surface area contributed by atoms with E-state index in [-0.39, 0.29) is 12.2 Å². The Morgan fingerprint density at radius 3 is 3.00 bits per heavy atom. The highest BCUT2D eigenvalue weighted by molar-refractivity contribution is 7.18. The minimum Gasteiger partial charge on any atom is -0.484 e. The second kappa shape index (κ2) is 7.02. The zero-order valence-electron chi connectivity index (χ0n) is 12.8. The summed E-state index contributed by atoms with van der Waals surface area (Å²) in [7, 11) is 0. The number of thiophene rings is 1. The standard InChI is InChI=1S/C16H14ClN3O3S/c1-2-12-7-13-15(24-12)18-9-20(16(13)22)19-14(21)8-23-11-5-3-4-10(17)6-11/h3-7,9H,2,8H2,1H3,(H,19,21). The first-order valence-corrected chi connectivity index (χ1v) is 8.44. The number of hydrogen-bond donors (Lipinski definition) is 1. The molecule has 2 heterocycles. The summed E-state index contributed by atoms with van der Waals surface area (Å²) in [4.78, 5) is 30.3. The topological polar surface area (TPSA) is 73.2 Å². The molecule has 0 unspecified atom stereocenters. The normalized spacial score (nSPS) is 10.8. The SMILES string of the molecule is CCc1cc2c(=O)n(NC(=O)COc3cccc(Cl)c3)cnc2s1. The number of carbonyl (C=O) groups excluding carboxylic acids is 1. The molecule has 0 aliphatic carbocycles. The van der Waals surface area contributed by atoms with Gasteiger partial charge in [0.1, 0.15) is 16.9 Å². The highest BCUT2D eigenvalue weighted by atomic mass is 35.5. The van der Waals surface area contributed by atoms with Crippen molar-refractivity contribution < 1.29 is 9.53 Å². The quantitative estimate of drug-likeness (QED) is 0.756. The number of rotatable bonds is 5. The number of aryl methyl sites for hydroxylation is 1. The highest BCUT2D eigenvalue weighted by Crippen LogP contribution is 2.20. The van der Waals surface area contributed by atoms with Crippen LogP contribution >= 0.6 is 22.9 Å². The summed E-state index contributed by atoms with van der Waals surface area (Å²) in [6, 6.07) is 8.53. The van der Waals surface area contributed by atoms with Crippen molar-refractivity contribution >= 4 is 39.1 Å². The molecule has 24 heavy (non-hydrogen) atoms. The van der Waals surface area contributed by atoms with Gasteiger partial charge in [0.2, 0.25) is 0 Å². The molecule has 0 aliphatic rings. The molecule has 124 valence electrons. The van der Waals surface area contributed by atoms with Gasteiger partial charge in [-0.05, 0) is 30.7 Å². The third-order valence-corrected chi connectivity index (χ3v) is 4.69. The summed E-state index contributed by atoms with van der Waals surface area (Å²) < 4.78 is 6.41. The van der Waals surface area contributed by atoms with Crippen molar-refractivity contribution in [2.24, 2.45) is 0 Å². The highest BCUT2D eigenvalue weighted by Gasteiger charge is 2.10. The van der Waals surface area contributed by atoms with E-state index in [1.54, 1.807) is 30.3 Å². The summed E-state index contributed by atoms with van der Waals surface area (Å²) in [5.74, 6) is 0.00756. The Kier molecular flexibility index (Phi) is 4.82. The first-order valence-electron chi connectivity index (χ1n) is 7.25. The average Bonchev–Trinajstić information content (AvgIpc) is 3.00. The van der Waals surface area contributed by atoms with Crippen LogP contribution in [-0.4, -0.2) is 22.2 Å². The molecule has 6 nitrogen and oxygen atoms in total. The smallest absolute Gasteiger partial charge is 0.280 e. The third-order valence-electron chi connectivity index (χ3n) is 3.26. The molecular weight excluding hydrogens is 350 g/mol. The zero-order valence-corrected chi connectivity index (χ0v) is 14.4. The van der Waals surface area contributed by atoms with Crippen LogP contribution in [0.25, 0.3) is 10.2 Å². The molecule has 3 rings (SSSR count). The Morgan fingerprint density at radius 2 is 2.25 bits per heavy atom. The fraction of sp³-hybridized carbons (Fsp3) is 0.188. The molecule has 1 aromatic carbocycles. The van der Waals surface area contributed by atoms with Crippen LogP contribution in [0.15, 0.2) is 41.5 Å². The monoisotopic (exact) mass is 363 g/mol. The molecule has 3 aromatic rings. The number of amides is 1. The lowest BCUT2D eigenvalue weighted by atomic mass is 10.3. The summed E-state index contributed by atoms with van der Waals surface area (Å²) in [5, 5.41) is 1.01. The number of ether oxygens (including phenoxy) is 1. The van der Waals surface area contributed by atoms with E-state index >= 15 is 0 Å². The number of halogens is 1. The van der Waals surface area contributed by atoms with Crippen LogP contribution < -0.4 is 15.7 Å². The summed E-state index contributed by atoms with van der Waals surface area (Å²) in [6.45, 7) is 1.77. The molecule has 0 spiro atoms. The van der Waals surface area contributed by atoms with Crippen LogP contribution in [0, 0.1) is 0 Å². The van der Waals surface area contributed by atoms with E-state index in [0.29, 0.717) is 21.0 Å². The first-order chi connectivity index (χ1) is 11.6. The maximum absolute atomic E-state index is 12.4. The molecular formula is C16H14ClN3O3S. The predicted molar refractivity (Wildman–Crippen MR) is 94.6 cm³/mol. The predicted octanol–water partition coefficient (Wildman–Crippen LogP) is 2.82. The van der Waals surface area contributed by atoms with Crippen LogP contribution in [0.5, 0.6) is 5.75 Å². The van der Waals surface area contributed by atoms with Gasteiger partial charge in [-0.2, -0.15) is 0 Å². The van der Waals surface area contributed by atoms with Crippen molar-refractivity contribution in [2.45, 2.75) is 13.3 Å². The number of nitrogens with zero attached hydrogens (tertiary/aromatic N) is 2. The largest absolute Gasteiger partial charge is 0.484 e. The molecule has 2 aromatic heterocycles. The molecule has 0 saturated heterocycles. The Labute approximate surface area is 146 Å². The lowest BCUT2D eigenvalue weighted by Gasteiger charge is -2.09. The Bertz CT molecular complexity index is 951. The number of hydrogen-bond acceptors (Lipinski definition) is 5. The molecule has 1 amide bonds. The minimum absolute atomic E-state index is 0.241. The summed E-state index contributed by atoms with van der Waals surface area (Å²) in [6.07, 6.45) is 2.14. The van der Waals surface area contributed by atoms with Gasteiger partial charge in [0.25, 0.3) is 11.5 Å². The molecule has 1 N–H and O–H groups in total. The molecule has 0 atom stereocenters. The van der Waals surface area contributed by atoms with Crippen LogP contribution in [0.4, 0.5) is 0 Å². The fourth-order valence-electron chi connectivity index (χ4n) is 2.10. The van der Waals surface area contributed by atoms with E-state index in [9.17, 15) is 9.59 Å². The van der Waals surface area contributed by atoms with E-state index in [2.05, 4.69) is 10.4 Å². The first kappa shape index (κ1) is 16.5. The van der Waals surface area contributed by atoms with Gasteiger partial charge in [-0.1, -0.05) is 24.6 Å². The number of nitrogens with one attached hydrogen (secondary N) is 1. The van der Waals surface area contributed by atoms with Crippen LogP contribution in [0.2, 0.25) is 5.02 Å². The molecule has 0 saturated carbocycles. The van der Waals surface area contributed by atoms with Crippen molar-refractivity contribution in [1.82, 2.24) is 9.66 Å². The zero-order chi connectivity index (χ0) is 17.1. The van der Waals surface area contributed by atoms with E-state index in [1.165, 1.54) is 17.7 Å². The van der Waals surface area contributed by atoms with Crippen molar-refractivity contribution in [2.75, 3.05) is 12.0 Å². The molecule has 0 radical (unpaired) electrons. The Balaban J connectivity index is 1.71. The van der Waals surface area contributed by atoms with Gasteiger partial charge in [0.15, 0.2) is 6.61 Å². The number of benzene rings is 1. The van der Waals surface area contributed by atoms with Gasteiger partial charge < -0.3 is 4.74 Å². The average molecular weight is 364 g/mol. The summed E-state index contributed by atoms with van der Waals surface area (Å²) in [5.41, 5.74) is 2.15. The fourth-order valence-corrected chi connectivity index (χ4v) is 3.20. The maximum Gasteiger partial charge on any atom is 0.280 e. The van der Waals surface area contributed by atoms with Crippen LogP contribution in [0.1, 0.15) is 11.8 Å². The Morgan fingerprint density at radius 1 is 1.42 bits per heavy atom. The van der Waals surface area contributed by atoms with Gasteiger partial charge in [-0.25, -0.2) is 9.66 Å². The van der Waals surface area contributed by atoms with Gasteiger partial charge in [-0.15, -0.1) is 11.3 Å². The number of carbonyl (C=O) groups is 1. The van der Waals surface area contributed by atoms with E-state index in [0.717, 1.165) is 16.0 Å². The molecule has 0 bridgehead atoms. The third kappa shape index (κ3) is 3.58. The van der Waals surface area contributed by atoms with Crippen molar-refractivity contribution in [1.29, 1.82) is 0 Å². The molecule has 0 aliphatic heterocycles. The second-order valence-corrected chi connectivity index (χ2v) is 6.54. The number of aromatic nitrogens is 2. The van der Waals surface area contributed by atoms with Gasteiger partial charge in [0, 0.05) is 9.90 Å².